The predicted molar refractivity (Wildman–Crippen MR) is 66.2 cm³/mol. The van der Waals surface area contributed by atoms with Gasteiger partial charge in [0.05, 0.1) is 6.20 Å². The summed E-state index contributed by atoms with van der Waals surface area (Å²) in [6.45, 7) is 0. The second-order valence-electron chi connectivity index (χ2n) is 4.47. The van der Waals surface area contributed by atoms with E-state index in [4.69, 9.17) is 5.73 Å². The fraction of sp³-hybridized carbons (Fsp3) is 0.417. The molecule has 2 aromatic rings. The van der Waals surface area contributed by atoms with Gasteiger partial charge in [0.2, 0.25) is 0 Å². The number of hydrogen-bond acceptors (Lipinski definition) is 3. The largest absolute Gasteiger partial charge is 0.323 e. The normalized spacial score (nSPS) is 17.6. The highest BCUT2D eigenvalue weighted by Crippen LogP contribution is 2.42. The third-order valence-corrected chi connectivity index (χ3v) is 4.31. The molecule has 1 aliphatic rings. The Morgan fingerprint density at radius 3 is 2.94 bits per heavy atom. The minimum Gasteiger partial charge on any atom is -0.323 e. The molecule has 4 heteroatoms. The fourth-order valence-electron chi connectivity index (χ4n) is 1.92. The zero-order chi connectivity index (χ0) is 11.1. The number of nitrogens with two attached hydrogens (primary N) is 1. The zero-order valence-electron chi connectivity index (χ0n) is 9.26. The van der Waals surface area contributed by atoms with Gasteiger partial charge < -0.3 is 5.73 Å². The smallest absolute Gasteiger partial charge is 0.0576 e. The Morgan fingerprint density at radius 1 is 1.50 bits per heavy atom. The Labute approximate surface area is 98.9 Å². The molecule has 0 saturated heterocycles. The van der Waals surface area contributed by atoms with Gasteiger partial charge in [0.1, 0.15) is 0 Å². The first kappa shape index (κ1) is 10.1. The van der Waals surface area contributed by atoms with E-state index >= 15 is 0 Å². The number of rotatable bonds is 3. The summed E-state index contributed by atoms with van der Waals surface area (Å²) in [5.41, 5.74) is 7.37. The van der Waals surface area contributed by atoms with Crippen molar-refractivity contribution in [2.45, 2.75) is 18.9 Å². The SMILES string of the molecule is Cn1cc(-c2ccc(C(N)C3CC3)s2)cn1. The first-order chi connectivity index (χ1) is 7.74. The molecule has 1 saturated carbocycles. The lowest BCUT2D eigenvalue weighted by molar-refractivity contribution is 0.645. The molecular weight excluding hydrogens is 218 g/mol. The Hall–Kier alpha value is -1.13. The van der Waals surface area contributed by atoms with E-state index in [1.165, 1.54) is 28.2 Å². The molecule has 0 aromatic carbocycles. The number of aryl methyl sites for hydroxylation is 1. The van der Waals surface area contributed by atoms with Crippen molar-refractivity contribution in [2.24, 2.45) is 18.7 Å². The van der Waals surface area contributed by atoms with Crippen molar-refractivity contribution < 1.29 is 0 Å². The fourth-order valence-corrected chi connectivity index (χ4v) is 3.00. The van der Waals surface area contributed by atoms with Gasteiger partial charge in [-0.25, -0.2) is 0 Å². The van der Waals surface area contributed by atoms with Crippen molar-refractivity contribution >= 4 is 11.3 Å². The maximum atomic E-state index is 6.19. The third-order valence-electron chi connectivity index (χ3n) is 3.07. The standard InChI is InChI=1S/C12H15N3S/c1-15-7-9(6-14-15)10-4-5-11(16-10)12(13)8-2-3-8/h4-8,12H,2-3,13H2,1H3. The number of aromatic nitrogens is 2. The Morgan fingerprint density at radius 2 is 2.31 bits per heavy atom. The van der Waals surface area contributed by atoms with Gasteiger partial charge in [-0.2, -0.15) is 5.10 Å². The molecule has 0 radical (unpaired) electrons. The zero-order valence-corrected chi connectivity index (χ0v) is 10.1. The van der Waals surface area contributed by atoms with Gasteiger partial charge in [-0.05, 0) is 30.9 Å². The molecule has 2 aromatic heterocycles. The minimum atomic E-state index is 0.246. The minimum absolute atomic E-state index is 0.246. The van der Waals surface area contributed by atoms with Crippen LogP contribution in [0.3, 0.4) is 0 Å². The highest BCUT2D eigenvalue weighted by atomic mass is 32.1. The maximum absolute atomic E-state index is 6.19. The second kappa shape index (κ2) is 3.71. The molecule has 0 bridgehead atoms. The van der Waals surface area contributed by atoms with Crippen LogP contribution < -0.4 is 5.73 Å². The van der Waals surface area contributed by atoms with Crippen molar-refractivity contribution in [3.05, 3.63) is 29.4 Å². The van der Waals surface area contributed by atoms with Crippen LogP contribution in [0.5, 0.6) is 0 Å². The van der Waals surface area contributed by atoms with Crippen LogP contribution in [0.15, 0.2) is 24.5 Å². The van der Waals surface area contributed by atoms with Crippen LogP contribution in [0, 0.1) is 5.92 Å². The van der Waals surface area contributed by atoms with Gasteiger partial charge in [-0.3, -0.25) is 4.68 Å². The number of hydrogen-bond donors (Lipinski definition) is 1. The van der Waals surface area contributed by atoms with Crippen molar-refractivity contribution in [3.63, 3.8) is 0 Å². The second-order valence-corrected chi connectivity index (χ2v) is 5.58. The van der Waals surface area contributed by atoms with E-state index in [2.05, 4.69) is 17.2 Å². The van der Waals surface area contributed by atoms with Crippen LogP contribution in [0.4, 0.5) is 0 Å². The number of thiophene rings is 1. The van der Waals surface area contributed by atoms with E-state index < -0.39 is 0 Å². The van der Waals surface area contributed by atoms with E-state index in [0.717, 1.165) is 5.92 Å². The first-order valence-electron chi connectivity index (χ1n) is 5.58. The van der Waals surface area contributed by atoms with E-state index in [0.29, 0.717) is 0 Å². The van der Waals surface area contributed by atoms with Crippen LogP contribution in [0.1, 0.15) is 23.8 Å². The van der Waals surface area contributed by atoms with E-state index in [1.807, 2.05) is 24.1 Å². The monoisotopic (exact) mass is 233 g/mol. The molecule has 2 N–H and O–H groups in total. The van der Waals surface area contributed by atoms with E-state index in [-0.39, 0.29) is 6.04 Å². The summed E-state index contributed by atoms with van der Waals surface area (Å²) in [5.74, 6) is 0.723. The van der Waals surface area contributed by atoms with Gasteiger partial charge in [-0.15, -0.1) is 11.3 Å². The first-order valence-corrected chi connectivity index (χ1v) is 6.40. The van der Waals surface area contributed by atoms with Crippen molar-refractivity contribution in [3.8, 4) is 10.4 Å². The summed E-state index contributed by atoms with van der Waals surface area (Å²) >= 11 is 1.80. The van der Waals surface area contributed by atoms with Crippen LogP contribution in [0.2, 0.25) is 0 Å². The molecule has 1 fully saturated rings. The molecule has 2 heterocycles. The Bertz CT molecular complexity index is 496. The van der Waals surface area contributed by atoms with Crippen molar-refractivity contribution in [2.75, 3.05) is 0 Å². The van der Waals surface area contributed by atoms with Gasteiger partial charge >= 0.3 is 0 Å². The molecule has 84 valence electrons. The Balaban J connectivity index is 1.86. The van der Waals surface area contributed by atoms with Crippen LogP contribution in [-0.2, 0) is 7.05 Å². The summed E-state index contributed by atoms with van der Waals surface area (Å²) in [4.78, 5) is 2.57. The molecule has 1 aliphatic carbocycles. The Kier molecular flexibility index (Phi) is 2.33. The highest BCUT2D eigenvalue weighted by Gasteiger charge is 2.30. The molecule has 1 unspecified atom stereocenters. The summed E-state index contributed by atoms with van der Waals surface area (Å²) in [6, 6.07) is 4.56. The summed E-state index contributed by atoms with van der Waals surface area (Å²) in [5, 5.41) is 4.19. The molecule has 0 aliphatic heterocycles. The lowest BCUT2D eigenvalue weighted by atomic mass is 10.1. The van der Waals surface area contributed by atoms with Crippen molar-refractivity contribution in [1.29, 1.82) is 0 Å². The summed E-state index contributed by atoms with van der Waals surface area (Å²) in [7, 11) is 1.94. The maximum Gasteiger partial charge on any atom is 0.0576 e. The van der Waals surface area contributed by atoms with Gasteiger partial charge in [0.25, 0.3) is 0 Å². The summed E-state index contributed by atoms with van der Waals surface area (Å²) in [6.07, 6.45) is 6.53. The van der Waals surface area contributed by atoms with Crippen LogP contribution >= 0.6 is 11.3 Å². The van der Waals surface area contributed by atoms with Crippen molar-refractivity contribution in [1.82, 2.24) is 9.78 Å². The highest BCUT2D eigenvalue weighted by molar-refractivity contribution is 7.15. The third kappa shape index (κ3) is 1.79. The molecule has 16 heavy (non-hydrogen) atoms. The van der Waals surface area contributed by atoms with Gasteiger partial charge in [-0.1, -0.05) is 0 Å². The predicted octanol–water partition coefficient (Wildman–Crippen LogP) is 2.56. The molecular formula is C12H15N3S. The van der Waals surface area contributed by atoms with Gasteiger partial charge in [0.15, 0.2) is 0 Å². The average molecular weight is 233 g/mol. The average Bonchev–Trinajstić information content (AvgIpc) is 2.84. The quantitative estimate of drug-likeness (QED) is 0.885. The van der Waals surface area contributed by atoms with E-state index in [1.54, 1.807) is 11.3 Å². The molecule has 0 amide bonds. The van der Waals surface area contributed by atoms with Crippen LogP contribution in [0.25, 0.3) is 10.4 Å². The van der Waals surface area contributed by atoms with Crippen LogP contribution in [-0.4, -0.2) is 9.78 Å². The number of nitrogens with zero attached hydrogens (tertiary/aromatic N) is 2. The summed E-state index contributed by atoms with van der Waals surface area (Å²) < 4.78 is 1.83. The van der Waals surface area contributed by atoms with Gasteiger partial charge in [0, 0.05) is 34.6 Å². The topological polar surface area (TPSA) is 43.8 Å². The molecule has 0 spiro atoms. The molecule has 1 atom stereocenters. The lowest BCUT2D eigenvalue weighted by Gasteiger charge is -2.05. The molecule has 3 nitrogen and oxygen atoms in total. The lowest BCUT2D eigenvalue weighted by Crippen LogP contribution is -2.10. The van der Waals surface area contributed by atoms with E-state index in [9.17, 15) is 0 Å². The molecule has 3 rings (SSSR count).